The number of phenolic OH excluding ortho intramolecular Hbond substituents is 3. The van der Waals surface area contributed by atoms with Gasteiger partial charge in [-0.25, -0.2) is 0 Å². The van der Waals surface area contributed by atoms with Gasteiger partial charge in [-0.1, -0.05) is 186 Å². The maximum Gasteiger partial charge on any atom is 0.119 e. The first-order valence-corrected chi connectivity index (χ1v) is 22.7. The molecule has 0 saturated carbocycles. The summed E-state index contributed by atoms with van der Waals surface area (Å²) in [5.74, 6) is 1.27. The Morgan fingerprint density at radius 2 is 0.772 bits per heavy atom. The maximum atomic E-state index is 11.6. The lowest BCUT2D eigenvalue weighted by Crippen LogP contribution is -2.47. The third kappa shape index (κ3) is 11.6. The van der Waals surface area contributed by atoms with Crippen molar-refractivity contribution >= 4 is 0 Å². The van der Waals surface area contributed by atoms with Gasteiger partial charge in [-0.3, -0.25) is 0 Å². The molecule has 0 aliphatic carbocycles. The molecular weight excluding hydrogens is 697 g/mol. The highest BCUT2D eigenvalue weighted by Gasteiger charge is 2.52. The highest BCUT2D eigenvalue weighted by Crippen LogP contribution is 2.59. The van der Waals surface area contributed by atoms with E-state index in [4.69, 9.17) is 0 Å². The Kier molecular flexibility index (Phi) is 16.1. The molecule has 2 atom stereocenters. The zero-order valence-electron chi connectivity index (χ0n) is 39.9. The van der Waals surface area contributed by atoms with Gasteiger partial charge in [-0.2, -0.15) is 0 Å². The first-order valence-electron chi connectivity index (χ1n) is 22.7. The number of benzene rings is 3. The molecule has 0 heterocycles. The van der Waals surface area contributed by atoms with Crippen molar-refractivity contribution in [2.45, 2.75) is 222 Å². The lowest BCUT2D eigenvalue weighted by Gasteiger charge is -2.53. The average Bonchev–Trinajstić information content (AvgIpc) is 3.04. The molecule has 0 fully saturated rings. The second-order valence-electron chi connectivity index (χ2n) is 22.2. The summed E-state index contributed by atoms with van der Waals surface area (Å²) in [6, 6.07) is 13.1. The molecule has 0 aliphatic rings. The molecule has 3 heteroatoms. The van der Waals surface area contributed by atoms with Crippen molar-refractivity contribution in [3.8, 4) is 17.2 Å². The van der Waals surface area contributed by atoms with Crippen LogP contribution in [0.15, 0.2) is 36.4 Å². The van der Waals surface area contributed by atoms with Crippen LogP contribution in [0.25, 0.3) is 0 Å². The van der Waals surface area contributed by atoms with Crippen LogP contribution in [0.3, 0.4) is 0 Å². The summed E-state index contributed by atoms with van der Waals surface area (Å²) < 4.78 is 0. The SMILES string of the molecule is CCCCCCCCCCCCCC(c1cc(C(C)(C)C)c(O)cc1C)(c1cc(C(C)(C)C)c(O)cc1C)C(C(C)c1cc(C(C)(C)C)c(O)cc1C)C(C)(C)C. The minimum absolute atomic E-state index is 0.0938. The summed E-state index contributed by atoms with van der Waals surface area (Å²) >= 11 is 0. The van der Waals surface area contributed by atoms with Crippen LogP contribution in [0.2, 0.25) is 0 Å². The topological polar surface area (TPSA) is 60.7 Å². The van der Waals surface area contributed by atoms with Crippen LogP contribution < -0.4 is 0 Å². The number of unbranched alkanes of at least 4 members (excludes halogenated alkanes) is 10. The Bertz CT molecular complexity index is 1700. The largest absolute Gasteiger partial charge is 0.508 e. The summed E-state index contributed by atoms with van der Waals surface area (Å²) in [5, 5.41) is 34.5. The van der Waals surface area contributed by atoms with Crippen LogP contribution >= 0.6 is 0 Å². The van der Waals surface area contributed by atoms with Crippen LogP contribution in [-0.2, 0) is 21.7 Å². The molecule has 2 unspecified atom stereocenters. The van der Waals surface area contributed by atoms with E-state index in [1.807, 2.05) is 18.2 Å². The van der Waals surface area contributed by atoms with Gasteiger partial charge in [-0.15, -0.1) is 0 Å². The molecule has 3 aromatic rings. The summed E-state index contributed by atoms with van der Waals surface area (Å²) in [6.45, 7) is 38.3. The molecule has 0 spiro atoms. The Labute approximate surface area is 351 Å². The molecule has 57 heavy (non-hydrogen) atoms. The van der Waals surface area contributed by atoms with Crippen LogP contribution in [0.4, 0.5) is 0 Å². The second kappa shape index (κ2) is 19.0. The third-order valence-corrected chi connectivity index (χ3v) is 13.1. The molecule has 3 rings (SSSR count). The van der Waals surface area contributed by atoms with E-state index in [0.29, 0.717) is 17.2 Å². The lowest BCUT2D eigenvalue weighted by molar-refractivity contribution is 0.111. The Balaban J connectivity index is 2.45. The first kappa shape index (κ1) is 48.4. The van der Waals surface area contributed by atoms with E-state index >= 15 is 0 Å². The molecule has 0 bridgehead atoms. The normalized spacial score (nSPS) is 14.3. The van der Waals surface area contributed by atoms with Gasteiger partial charge in [0, 0.05) is 5.41 Å². The van der Waals surface area contributed by atoms with Crippen molar-refractivity contribution in [1.29, 1.82) is 0 Å². The van der Waals surface area contributed by atoms with E-state index in [2.05, 4.69) is 136 Å². The van der Waals surface area contributed by atoms with Gasteiger partial charge in [0.05, 0.1) is 0 Å². The molecule has 0 amide bonds. The number of aryl methyl sites for hydroxylation is 3. The smallest absolute Gasteiger partial charge is 0.119 e. The van der Waals surface area contributed by atoms with Crippen LogP contribution in [0, 0.1) is 32.1 Å². The molecule has 0 aliphatic heterocycles. The molecule has 0 radical (unpaired) electrons. The standard InChI is InChI=1S/C54H86O3/c1-18-19-20-21-22-23-24-25-26-27-28-29-54(41-34-44(51(9,10)11)47(56)31-37(41)3,42-35-45(52(12,13)14)48(57)32-38(42)4)49(53(15,16)17)39(5)40-33-43(50(6,7)8)46(55)30-36(40)2/h30-35,39,49,55-57H,18-29H2,1-17H3. The van der Waals surface area contributed by atoms with Crippen molar-refractivity contribution in [3.05, 3.63) is 86.5 Å². The minimum atomic E-state index is -0.487. The predicted molar refractivity (Wildman–Crippen MR) is 248 cm³/mol. The molecule has 3 N–H and O–H groups in total. The second-order valence-corrected chi connectivity index (χ2v) is 22.2. The van der Waals surface area contributed by atoms with Gasteiger partial charge in [0.2, 0.25) is 0 Å². The minimum Gasteiger partial charge on any atom is -0.508 e. The quantitative estimate of drug-likeness (QED) is 0.120. The molecule has 3 nitrogen and oxygen atoms in total. The van der Waals surface area contributed by atoms with Gasteiger partial charge >= 0.3 is 0 Å². The summed E-state index contributed by atoms with van der Waals surface area (Å²) in [5.41, 5.74) is 8.65. The van der Waals surface area contributed by atoms with E-state index in [1.165, 1.54) is 80.9 Å². The summed E-state index contributed by atoms with van der Waals surface area (Å²) in [7, 11) is 0. The van der Waals surface area contributed by atoms with E-state index in [9.17, 15) is 15.3 Å². The fourth-order valence-electron chi connectivity index (χ4n) is 10.4. The fraction of sp³-hybridized carbons (Fsp3) is 0.667. The van der Waals surface area contributed by atoms with Gasteiger partial charge in [0.25, 0.3) is 0 Å². The molecule has 0 saturated heterocycles. The number of phenols is 3. The number of hydrogen-bond donors (Lipinski definition) is 3. The highest BCUT2D eigenvalue weighted by atomic mass is 16.3. The van der Waals surface area contributed by atoms with E-state index in [-0.39, 0.29) is 33.5 Å². The Hall–Kier alpha value is -2.94. The lowest BCUT2D eigenvalue weighted by atomic mass is 9.50. The van der Waals surface area contributed by atoms with Gasteiger partial charge in [0.1, 0.15) is 17.2 Å². The van der Waals surface area contributed by atoms with Gasteiger partial charge in [-0.05, 0) is 129 Å². The van der Waals surface area contributed by atoms with E-state index < -0.39 is 5.41 Å². The maximum absolute atomic E-state index is 11.6. The van der Waals surface area contributed by atoms with Crippen molar-refractivity contribution in [2.75, 3.05) is 0 Å². The molecular formula is C54H86O3. The van der Waals surface area contributed by atoms with Crippen LogP contribution in [0.1, 0.15) is 230 Å². The van der Waals surface area contributed by atoms with Crippen molar-refractivity contribution < 1.29 is 15.3 Å². The molecule has 320 valence electrons. The molecule has 3 aromatic carbocycles. The number of hydrogen-bond acceptors (Lipinski definition) is 3. The fourth-order valence-corrected chi connectivity index (χ4v) is 10.4. The van der Waals surface area contributed by atoms with Crippen LogP contribution in [-0.4, -0.2) is 15.3 Å². The Morgan fingerprint density at radius 3 is 1.12 bits per heavy atom. The van der Waals surface area contributed by atoms with Crippen LogP contribution in [0.5, 0.6) is 17.2 Å². The van der Waals surface area contributed by atoms with E-state index in [1.54, 1.807) is 0 Å². The predicted octanol–water partition coefficient (Wildman–Crippen LogP) is 16.1. The zero-order chi connectivity index (χ0) is 43.3. The van der Waals surface area contributed by atoms with E-state index in [0.717, 1.165) is 46.2 Å². The van der Waals surface area contributed by atoms with Crippen molar-refractivity contribution in [2.24, 2.45) is 11.3 Å². The summed E-state index contributed by atoms with van der Waals surface area (Å²) in [4.78, 5) is 0. The van der Waals surface area contributed by atoms with Crippen molar-refractivity contribution in [1.82, 2.24) is 0 Å². The highest BCUT2D eigenvalue weighted by molar-refractivity contribution is 5.58. The third-order valence-electron chi connectivity index (χ3n) is 13.1. The monoisotopic (exact) mass is 783 g/mol. The molecule has 0 aromatic heterocycles. The van der Waals surface area contributed by atoms with Gasteiger partial charge in [0.15, 0.2) is 0 Å². The number of rotatable bonds is 17. The van der Waals surface area contributed by atoms with Crippen molar-refractivity contribution in [3.63, 3.8) is 0 Å². The number of aromatic hydroxyl groups is 3. The Morgan fingerprint density at radius 1 is 0.439 bits per heavy atom. The average molecular weight is 783 g/mol. The summed E-state index contributed by atoms with van der Waals surface area (Å²) in [6.07, 6.45) is 15.1. The zero-order valence-corrected chi connectivity index (χ0v) is 39.9. The first-order chi connectivity index (χ1) is 26.2. The van der Waals surface area contributed by atoms with Gasteiger partial charge < -0.3 is 15.3 Å².